The van der Waals surface area contributed by atoms with E-state index in [1.165, 1.54) is 12.3 Å². The van der Waals surface area contributed by atoms with Crippen molar-refractivity contribution in [2.45, 2.75) is 25.6 Å². The first-order valence-electron chi connectivity index (χ1n) is 12.8. The molecule has 1 aliphatic heterocycles. The van der Waals surface area contributed by atoms with Crippen molar-refractivity contribution in [1.82, 2.24) is 25.2 Å². The fourth-order valence-electron chi connectivity index (χ4n) is 5.34. The van der Waals surface area contributed by atoms with Gasteiger partial charge in [-0.05, 0) is 55.4 Å². The molecule has 3 aromatic heterocycles. The third kappa shape index (κ3) is 4.80. The van der Waals surface area contributed by atoms with Gasteiger partial charge < -0.3 is 20.0 Å². The highest BCUT2D eigenvalue weighted by molar-refractivity contribution is 5.97. The predicted molar refractivity (Wildman–Crippen MR) is 145 cm³/mol. The van der Waals surface area contributed by atoms with Crippen LogP contribution in [-0.2, 0) is 24.3 Å². The summed E-state index contributed by atoms with van der Waals surface area (Å²) in [5.74, 6) is -0.353. The quantitative estimate of drug-likeness (QED) is 0.248. The van der Waals surface area contributed by atoms with Gasteiger partial charge in [-0.15, -0.1) is 0 Å². The van der Waals surface area contributed by atoms with E-state index in [1.807, 2.05) is 29.2 Å². The normalized spacial score (nSPS) is 15.5. The summed E-state index contributed by atoms with van der Waals surface area (Å²) in [6, 6.07) is 11.8. The van der Waals surface area contributed by atoms with Crippen LogP contribution in [0.2, 0.25) is 0 Å². The fraction of sp³-hybridized carbons (Fsp3) is 0.241. The molecule has 0 saturated heterocycles. The highest BCUT2D eigenvalue weighted by Crippen LogP contribution is 2.32. The van der Waals surface area contributed by atoms with Crippen LogP contribution in [0.4, 0.5) is 10.1 Å². The minimum absolute atomic E-state index is 0.0104. The van der Waals surface area contributed by atoms with Crippen LogP contribution in [-0.4, -0.2) is 57.6 Å². The fourth-order valence-corrected chi connectivity index (χ4v) is 5.34. The van der Waals surface area contributed by atoms with E-state index in [4.69, 9.17) is 4.42 Å². The van der Waals surface area contributed by atoms with Gasteiger partial charge >= 0.3 is 0 Å². The second-order valence-electron chi connectivity index (χ2n) is 9.68. The number of hydrogen-bond acceptors (Lipinski definition) is 8. The Kier molecular flexibility index (Phi) is 6.64. The number of hydrogen-bond donors (Lipinski definition) is 3. The van der Waals surface area contributed by atoms with Crippen molar-refractivity contribution in [3.63, 3.8) is 0 Å². The highest BCUT2D eigenvalue weighted by atomic mass is 19.1. The van der Waals surface area contributed by atoms with Gasteiger partial charge in [-0.2, -0.15) is 0 Å². The van der Waals surface area contributed by atoms with Gasteiger partial charge in [-0.1, -0.05) is 6.07 Å². The summed E-state index contributed by atoms with van der Waals surface area (Å²) in [4.78, 5) is 40.3. The Hall–Kier alpha value is -4.41. The molecular formula is C29H27FN6O3. The van der Waals surface area contributed by atoms with Crippen molar-refractivity contribution in [3.8, 4) is 0 Å². The molecule has 198 valence electrons. The number of nitrogens with zero attached hydrogens (tertiary/aromatic N) is 3. The molecule has 5 aromatic rings. The Morgan fingerprint density at radius 1 is 1.15 bits per heavy atom. The van der Waals surface area contributed by atoms with Crippen LogP contribution in [0, 0.1) is 5.82 Å². The molecule has 0 aliphatic carbocycles. The molecule has 1 unspecified atom stereocenters. The standard InChI is InChI=1S/C29H27FN6O3/c1-31-14-26(37)25-12-19-24(35-22-4-2-3-20(30)28(19)22)15-36(25)16-27(38)29-17(7-10-39-29)13-34-18-5-6-21-23(11-18)33-9-8-32-21/h2-11,25,31,34-35H,12-16H2,1H3. The molecule has 0 fully saturated rings. The first-order chi connectivity index (χ1) is 19.0. The minimum Gasteiger partial charge on any atom is -0.461 e. The number of anilines is 1. The molecule has 0 amide bonds. The number of aromatic nitrogens is 3. The minimum atomic E-state index is -0.567. The lowest BCUT2D eigenvalue weighted by Gasteiger charge is -2.34. The van der Waals surface area contributed by atoms with Gasteiger partial charge in [0.1, 0.15) is 5.82 Å². The summed E-state index contributed by atoms with van der Waals surface area (Å²) in [5, 5.41) is 6.74. The zero-order valence-electron chi connectivity index (χ0n) is 21.3. The number of nitrogens with one attached hydrogen (secondary N) is 3. The maximum atomic E-state index is 14.7. The summed E-state index contributed by atoms with van der Waals surface area (Å²) < 4.78 is 20.3. The summed E-state index contributed by atoms with van der Waals surface area (Å²) >= 11 is 0. The molecule has 9 nitrogen and oxygen atoms in total. The van der Waals surface area contributed by atoms with E-state index in [1.54, 1.807) is 31.6 Å². The van der Waals surface area contributed by atoms with Crippen LogP contribution in [0.5, 0.6) is 0 Å². The number of rotatable bonds is 9. The average Bonchev–Trinajstić information content (AvgIpc) is 3.56. The molecule has 0 radical (unpaired) electrons. The van der Waals surface area contributed by atoms with Gasteiger partial charge in [0.2, 0.25) is 5.78 Å². The molecule has 0 saturated carbocycles. The maximum absolute atomic E-state index is 14.7. The van der Waals surface area contributed by atoms with E-state index in [0.717, 1.165) is 28.0 Å². The summed E-state index contributed by atoms with van der Waals surface area (Å²) in [7, 11) is 1.71. The first kappa shape index (κ1) is 24.9. The molecule has 0 spiro atoms. The van der Waals surface area contributed by atoms with Gasteiger partial charge in [0.25, 0.3) is 0 Å². The van der Waals surface area contributed by atoms with Gasteiger partial charge in [0.05, 0.1) is 36.4 Å². The van der Waals surface area contributed by atoms with E-state index >= 15 is 0 Å². The number of furan rings is 1. The number of Topliss-reactive ketones (excluding diaryl/α,β-unsaturated/α-hetero) is 2. The molecule has 39 heavy (non-hydrogen) atoms. The first-order valence-corrected chi connectivity index (χ1v) is 12.8. The Morgan fingerprint density at radius 3 is 2.85 bits per heavy atom. The zero-order valence-corrected chi connectivity index (χ0v) is 21.3. The predicted octanol–water partition coefficient (Wildman–Crippen LogP) is 3.85. The van der Waals surface area contributed by atoms with Crippen molar-refractivity contribution in [2.75, 3.05) is 25.5 Å². The van der Waals surface area contributed by atoms with Gasteiger partial charge in [-0.25, -0.2) is 4.39 Å². The number of H-pyrrole nitrogens is 1. The van der Waals surface area contributed by atoms with E-state index < -0.39 is 6.04 Å². The van der Waals surface area contributed by atoms with Gasteiger partial charge in [0, 0.05) is 53.3 Å². The lowest BCUT2D eigenvalue weighted by Crippen LogP contribution is -2.49. The van der Waals surface area contributed by atoms with Crippen LogP contribution in [0.3, 0.4) is 0 Å². The number of ketones is 2. The highest BCUT2D eigenvalue weighted by Gasteiger charge is 2.35. The topological polar surface area (TPSA) is 116 Å². The van der Waals surface area contributed by atoms with E-state index in [9.17, 15) is 14.0 Å². The van der Waals surface area contributed by atoms with Crippen LogP contribution in [0.1, 0.15) is 27.4 Å². The number of halogens is 1. The number of carbonyl (C=O) groups excluding carboxylic acids is 2. The summed E-state index contributed by atoms with van der Waals surface area (Å²) in [6.07, 6.45) is 5.11. The molecule has 0 bridgehead atoms. The monoisotopic (exact) mass is 526 g/mol. The van der Waals surface area contributed by atoms with Crippen LogP contribution < -0.4 is 10.6 Å². The summed E-state index contributed by atoms with van der Waals surface area (Å²) in [5.41, 5.74) is 5.42. The SMILES string of the molecule is CNCC(=O)C1Cc2c([nH]c3cccc(F)c23)CN1CC(=O)c1occc1CNc1ccc2nccnc2c1. The second kappa shape index (κ2) is 10.4. The van der Waals surface area contributed by atoms with Crippen LogP contribution in [0.15, 0.2) is 65.5 Å². The van der Waals surface area contributed by atoms with E-state index in [0.29, 0.717) is 36.0 Å². The molecular weight excluding hydrogens is 499 g/mol. The number of fused-ring (bicyclic) bond motifs is 4. The third-order valence-corrected chi connectivity index (χ3v) is 7.19. The third-order valence-electron chi connectivity index (χ3n) is 7.19. The van der Waals surface area contributed by atoms with Crippen molar-refractivity contribution in [1.29, 1.82) is 0 Å². The van der Waals surface area contributed by atoms with Crippen molar-refractivity contribution < 1.29 is 18.4 Å². The smallest absolute Gasteiger partial charge is 0.212 e. The molecule has 3 N–H and O–H groups in total. The molecule has 10 heteroatoms. The Labute approximate surface area is 223 Å². The number of carbonyl (C=O) groups is 2. The van der Waals surface area contributed by atoms with E-state index in [-0.39, 0.29) is 36.2 Å². The number of aromatic amines is 1. The van der Waals surface area contributed by atoms with Gasteiger partial charge in [-0.3, -0.25) is 24.5 Å². The Bertz CT molecular complexity index is 1690. The van der Waals surface area contributed by atoms with Crippen molar-refractivity contribution >= 4 is 39.2 Å². The van der Waals surface area contributed by atoms with Crippen molar-refractivity contribution in [3.05, 3.63) is 89.5 Å². The van der Waals surface area contributed by atoms with E-state index in [2.05, 4.69) is 25.6 Å². The lowest BCUT2D eigenvalue weighted by molar-refractivity contribution is -0.123. The second-order valence-corrected chi connectivity index (χ2v) is 9.68. The average molecular weight is 527 g/mol. The van der Waals surface area contributed by atoms with Gasteiger partial charge in [0.15, 0.2) is 11.5 Å². The van der Waals surface area contributed by atoms with Crippen LogP contribution in [0.25, 0.3) is 21.9 Å². The Morgan fingerprint density at radius 2 is 2.00 bits per heavy atom. The molecule has 1 atom stereocenters. The zero-order chi connectivity index (χ0) is 26.9. The summed E-state index contributed by atoms with van der Waals surface area (Å²) in [6.45, 7) is 0.837. The maximum Gasteiger partial charge on any atom is 0.212 e. The number of benzene rings is 2. The Balaban J connectivity index is 1.22. The largest absolute Gasteiger partial charge is 0.461 e. The van der Waals surface area contributed by atoms with Crippen LogP contribution >= 0.6 is 0 Å². The number of likely N-dealkylation sites (N-methyl/N-ethyl adjacent to an activating group) is 1. The molecule has 6 rings (SSSR count). The lowest BCUT2D eigenvalue weighted by atomic mass is 9.93. The molecule has 2 aromatic carbocycles. The molecule has 4 heterocycles. The van der Waals surface area contributed by atoms with Crippen molar-refractivity contribution in [2.24, 2.45) is 0 Å². The molecule has 1 aliphatic rings.